The molecule has 0 amide bonds. The fourth-order valence-electron chi connectivity index (χ4n) is 2.03. The number of aryl methyl sites for hydroxylation is 1. The van der Waals surface area contributed by atoms with E-state index in [4.69, 9.17) is 9.47 Å². The molecule has 2 aliphatic heterocycles. The highest BCUT2D eigenvalue weighted by molar-refractivity contribution is 5.53. The lowest BCUT2D eigenvalue weighted by Crippen LogP contribution is -2.32. The predicted molar refractivity (Wildman–Crippen MR) is 62.9 cm³/mol. The van der Waals surface area contributed by atoms with Crippen molar-refractivity contribution in [1.29, 1.82) is 0 Å². The van der Waals surface area contributed by atoms with E-state index in [1.54, 1.807) is 0 Å². The van der Waals surface area contributed by atoms with Gasteiger partial charge in [0.05, 0.1) is 25.4 Å². The molecule has 1 aromatic rings. The van der Waals surface area contributed by atoms with Crippen molar-refractivity contribution in [3.05, 3.63) is 29.8 Å². The Morgan fingerprint density at radius 3 is 2.19 bits per heavy atom. The van der Waals surface area contributed by atoms with Crippen molar-refractivity contribution in [3.63, 3.8) is 0 Å². The Balaban J connectivity index is 1.76. The highest BCUT2D eigenvalue weighted by atomic mass is 16.6. The lowest BCUT2D eigenvalue weighted by molar-refractivity contribution is 0.389. The van der Waals surface area contributed by atoms with Crippen LogP contribution in [-0.4, -0.2) is 38.5 Å². The summed E-state index contributed by atoms with van der Waals surface area (Å²) in [5, 5.41) is 0. The van der Waals surface area contributed by atoms with Gasteiger partial charge in [-0.15, -0.1) is 0 Å². The molecule has 2 unspecified atom stereocenters. The predicted octanol–water partition coefficient (Wildman–Crippen LogP) is 1.60. The first kappa shape index (κ1) is 10.1. The number of nitrogens with zero attached hydrogens (tertiary/aromatic N) is 1. The minimum atomic E-state index is 0.429. The van der Waals surface area contributed by atoms with E-state index in [1.165, 1.54) is 11.3 Å². The standard InChI is InChI=1S/C13H17NO2/c1-10-4-2-3-5-13(10)14(6-11-8-15-11)7-12-9-16-12/h2-5,11-12H,6-9H2,1H3. The van der Waals surface area contributed by atoms with E-state index in [2.05, 4.69) is 36.1 Å². The van der Waals surface area contributed by atoms with Crippen LogP contribution in [0.3, 0.4) is 0 Å². The van der Waals surface area contributed by atoms with Gasteiger partial charge in [-0.1, -0.05) is 18.2 Å². The van der Waals surface area contributed by atoms with Gasteiger partial charge in [-0.25, -0.2) is 0 Å². The molecule has 86 valence electrons. The maximum Gasteiger partial charge on any atom is 0.0984 e. The van der Waals surface area contributed by atoms with Gasteiger partial charge >= 0.3 is 0 Å². The lowest BCUT2D eigenvalue weighted by atomic mass is 10.1. The smallest absolute Gasteiger partial charge is 0.0984 e. The molecule has 0 N–H and O–H groups in total. The average molecular weight is 219 g/mol. The van der Waals surface area contributed by atoms with Crippen molar-refractivity contribution in [2.75, 3.05) is 31.2 Å². The third kappa shape index (κ3) is 2.36. The van der Waals surface area contributed by atoms with E-state index in [9.17, 15) is 0 Å². The molecule has 3 rings (SSSR count). The van der Waals surface area contributed by atoms with Crippen molar-refractivity contribution in [3.8, 4) is 0 Å². The summed E-state index contributed by atoms with van der Waals surface area (Å²) in [6.45, 7) is 5.96. The topological polar surface area (TPSA) is 28.3 Å². The molecule has 0 aromatic heterocycles. The number of hydrogen-bond donors (Lipinski definition) is 0. The first-order valence-electron chi connectivity index (χ1n) is 5.87. The van der Waals surface area contributed by atoms with Crippen molar-refractivity contribution in [1.82, 2.24) is 0 Å². The summed E-state index contributed by atoms with van der Waals surface area (Å²) in [6, 6.07) is 8.51. The number of anilines is 1. The third-order valence-corrected chi connectivity index (χ3v) is 3.11. The van der Waals surface area contributed by atoms with Gasteiger partial charge in [-0.05, 0) is 18.6 Å². The average Bonchev–Trinajstić information content (AvgIpc) is 3.12. The molecule has 0 spiro atoms. The molecule has 2 fully saturated rings. The molecule has 2 saturated heterocycles. The lowest BCUT2D eigenvalue weighted by Gasteiger charge is -2.25. The molecule has 0 aliphatic carbocycles. The quantitative estimate of drug-likeness (QED) is 0.704. The first-order chi connectivity index (χ1) is 7.83. The summed E-state index contributed by atoms with van der Waals surface area (Å²) in [4.78, 5) is 2.39. The maximum atomic E-state index is 5.32. The van der Waals surface area contributed by atoms with Crippen molar-refractivity contribution in [2.45, 2.75) is 19.1 Å². The minimum Gasteiger partial charge on any atom is -0.371 e. The second kappa shape index (κ2) is 4.07. The van der Waals surface area contributed by atoms with Crippen LogP contribution in [0.1, 0.15) is 5.56 Å². The van der Waals surface area contributed by atoms with Crippen LogP contribution in [0.15, 0.2) is 24.3 Å². The number of hydrogen-bond acceptors (Lipinski definition) is 3. The second-order valence-electron chi connectivity index (χ2n) is 4.60. The van der Waals surface area contributed by atoms with Crippen LogP contribution in [-0.2, 0) is 9.47 Å². The Bertz CT molecular complexity index is 358. The summed E-state index contributed by atoms with van der Waals surface area (Å²) >= 11 is 0. The molecule has 1 aromatic carbocycles. The summed E-state index contributed by atoms with van der Waals surface area (Å²) in [6.07, 6.45) is 0.858. The minimum absolute atomic E-state index is 0.429. The fourth-order valence-corrected chi connectivity index (χ4v) is 2.03. The Kier molecular flexibility index (Phi) is 2.58. The molecule has 0 radical (unpaired) electrons. The van der Waals surface area contributed by atoms with Gasteiger partial charge in [-0.3, -0.25) is 0 Å². The summed E-state index contributed by atoms with van der Waals surface area (Å²) in [7, 11) is 0. The van der Waals surface area contributed by atoms with Crippen molar-refractivity contribution < 1.29 is 9.47 Å². The molecule has 0 saturated carbocycles. The van der Waals surface area contributed by atoms with Gasteiger partial charge in [0.25, 0.3) is 0 Å². The van der Waals surface area contributed by atoms with Crippen LogP contribution in [0.5, 0.6) is 0 Å². The zero-order valence-electron chi connectivity index (χ0n) is 9.56. The molecule has 3 nitrogen and oxygen atoms in total. The van der Waals surface area contributed by atoms with Gasteiger partial charge in [0.1, 0.15) is 0 Å². The monoisotopic (exact) mass is 219 g/mol. The highest BCUT2D eigenvalue weighted by Gasteiger charge is 2.31. The van der Waals surface area contributed by atoms with Crippen LogP contribution >= 0.6 is 0 Å². The number of benzene rings is 1. The van der Waals surface area contributed by atoms with Crippen LogP contribution in [0.2, 0.25) is 0 Å². The Labute approximate surface area is 96.0 Å². The molecular weight excluding hydrogens is 202 g/mol. The largest absolute Gasteiger partial charge is 0.371 e. The Morgan fingerprint density at radius 2 is 1.69 bits per heavy atom. The first-order valence-corrected chi connectivity index (χ1v) is 5.87. The van der Waals surface area contributed by atoms with Crippen molar-refractivity contribution in [2.24, 2.45) is 0 Å². The molecule has 0 bridgehead atoms. The molecule has 3 heteroatoms. The molecule has 2 atom stereocenters. The van der Waals surface area contributed by atoms with Gasteiger partial charge in [0.15, 0.2) is 0 Å². The molecule has 16 heavy (non-hydrogen) atoms. The zero-order chi connectivity index (χ0) is 11.0. The molecular formula is C13H17NO2. The van der Waals surface area contributed by atoms with E-state index in [0.717, 1.165) is 26.3 Å². The van der Waals surface area contributed by atoms with E-state index >= 15 is 0 Å². The van der Waals surface area contributed by atoms with Crippen LogP contribution in [0, 0.1) is 6.92 Å². The van der Waals surface area contributed by atoms with Crippen molar-refractivity contribution >= 4 is 5.69 Å². The number of para-hydroxylation sites is 1. The van der Waals surface area contributed by atoms with E-state index in [1.807, 2.05) is 0 Å². The number of rotatable bonds is 5. The Hall–Kier alpha value is -1.06. The van der Waals surface area contributed by atoms with Gasteiger partial charge in [-0.2, -0.15) is 0 Å². The second-order valence-corrected chi connectivity index (χ2v) is 4.60. The summed E-state index contributed by atoms with van der Waals surface area (Å²) in [5.74, 6) is 0. The number of ether oxygens (including phenoxy) is 2. The summed E-state index contributed by atoms with van der Waals surface area (Å²) < 4.78 is 10.6. The van der Waals surface area contributed by atoms with E-state index in [-0.39, 0.29) is 0 Å². The van der Waals surface area contributed by atoms with E-state index in [0.29, 0.717) is 12.2 Å². The van der Waals surface area contributed by atoms with Crippen LogP contribution < -0.4 is 4.90 Å². The number of epoxide rings is 2. The van der Waals surface area contributed by atoms with Crippen LogP contribution in [0.4, 0.5) is 5.69 Å². The van der Waals surface area contributed by atoms with Gasteiger partial charge < -0.3 is 14.4 Å². The van der Waals surface area contributed by atoms with Crippen LogP contribution in [0.25, 0.3) is 0 Å². The van der Waals surface area contributed by atoms with Gasteiger partial charge in [0, 0.05) is 18.8 Å². The highest BCUT2D eigenvalue weighted by Crippen LogP contribution is 2.24. The van der Waals surface area contributed by atoms with E-state index < -0.39 is 0 Å². The summed E-state index contributed by atoms with van der Waals surface area (Å²) in [5.41, 5.74) is 2.64. The fraction of sp³-hybridized carbons (Fsp3) is 0.538. The molecule has 2 aliphatic rings. The van der Waals surface area contributed by atoms with Gasteiger partial charge in [0.2, 0.25) is 0 Å². The molecule has 2 heterocycles. The normalized spacial score (nSPS) is 26.6. The third-order valence-electron chi connectivity index (χ3n) is 3.11. The SMILES string of the molecule is Cc1ccccc1N(CC1CO1)CC1CO1. The Morgan fingerprint density at radius 1 is 1.12 bits per heavy atom. The maximum absolute atomic E-state index is 5.32. The zero-order valence-corrected chi connectivity index (χ0v) is 9.56.